The van der Waals surface area contributed by atoms with E-state index in [9.17, 15) is 8.42 Å². The van der Waals surface area contributed by atoms with Crippen molar-refractivity contribution < 1.29 is 13.2 Å². The second kappa shape index (κ2) is 6.86. The summed E-state index contributed by atoms with van der Waals surface area (Å²) in [6.07, 6.45) is 3.33. The molecule has 0 aliphatic carbocycles. The van der Waals surface area contributed by atoms with E-state index in [4.69, 9.17) is 4.74 Å². The van der Waals surface area contributed by atoms with E-state index < -0.39 is 10.0 Å². The number of ether oxygens (including phenoxy) is 1. The quantitative estimate of drug-likeness (QED) is 0.878. The summed E-state index contributed by atoms with van der Waals surface area (Å²) in [5.74, 6) is 2.16. The zero-order valence-electron chi connectivity index (χ0n) is 13.9. The van der Waals surface area contributed by atoms with Crippen molar-refractivity contribution in [3.05, 3.63) is 11.6 Å². The molecule has 0 bridgehead atoms. The van der Waals surface area contributed by atoms with Crippen molar-refractivity contribution in [2.24, 2.45) is 5.92 Å². The predicted molar refractivity (Wildman–Crippen MR) is 86.6 cm³/mol. The summed E-state index contributed by atoms with van der Waals surface area (Å²) >= 11 is 0. The van der Waals surface area contributed by atoms with E-state index in [-0.39, 0.29) is 23.6 Å². The monoisotopic (exact) mass is 342 g/mol. The fraction of sp³-hybridized carbons (Fsp3) is 0.867. The van der Waals surface area contributed by atoms with Gasteiger partial charge in [0.15, 0.2) is 5.82 Å². The van der Waals surface area contributed by atoms with Gasteiger partial charge < -0.3 is 4.74 Å². The molecular formula is C15H26N4O3S. The van der Waals surface area contributed by atoms with Crippen LogP contribution < -0.4 is 4.72 Å². The Morgan fingerprint density at radius 2 is 2.04 bits per heavy atom. The van der Waals surface area contributed by atoms with Crippen LogP contribution in [0.3, 0.4) is 0 Å². The molecule has 0 spiro atoms. The van der Waals surface area contributed by atoms with E-state index in [1.54, 1.807) is 0 Å². The first-order valence-electron chi connectivity index (χ1n) is 8.47. The molecule has 1 N–H and O–H groups in total. The van der Waals surface area contributed by atoms with Gasteiger partial charge in [-0.15, -0.1) is 0 Å². The normalized spacial score (nSPS) is 23.2. The van der Waals surface area contributed by atoms with Gasteiger partial charge in [-0.05, 0) is 31.6 Å². The lowest BCUT2D eigenvalue weighted by Gasteiger charge is -2.25. The van der Waals surface area contributed by atoms with Crippen molar-refractivity contribution >= 4 is 10.0 Å². The lowest BCUT2D eigenvalue weighted by Crippen LogP contribution is -2.37. The third-order valence-electron chi connectivity index (χ3n) is 4.53. The molecule has 2 aliphatic heterocycles. The SMILES string of the molecule is CC(C)c1nc2n(n1)CCC[C@@H]2NS(=O)(=O)CC1CCOCC1. The summed E-state index contributed by atoms with van der Waals surface area (Å²) in [5.41, 5.74) is 0. The molecule has 2 aliphatic rings. The zero-order valence-corrected chi connectivity index (χ0v) is 14.7. The minimum absolute atomic E-state index is 0.179. The van der Waals surface area contributed by atoms with Crippen molar-refractivity contribution in [1.29, 1.82) is 0 Å². The van der Waals surface area contributed by atoms with Crippen LogP contribution in [0.1, 0.15) is 63.1 Å². The molecule has 3 rings (SSSR count). The van der Waals surface area contributed by atoms with E-state index in [2.05, 4.69) is 14.8 Å². The average Bonchev–Trinajstić information content (AvgIpc) is 2.93. The average molecular weight is 342 g/mol. The molecule has 3 heterocycles. The number of nitrogens with zero attached hydrogens (tertiary/aromatic N) is 3. The fourth-order valence-electron chi connectivity index (χ4n) is 3.21. The van der Waals surface area contributed by atoms with Gasteiger partial charge in [-0.1, -0.05) is 13.8 Å². The van der Waals surface area contributed by atoms with E-state index in [1.165, 1.54) is 0 Å². The number of hydrogen-bond donors (Lipinski definition) is 1. The molecule has 23 heavy (non-hydrogen) atoms. The molecule has 1 saturated heterocycles. The largest absolute Gasteiger partial charge is 0.381 e. The maximum atomic E-state index is 12.5. The summed E-state index contributed by atoms with van der Waals surface area (Å²) in [6, 6.07) is -0.256. The Bertz CT molecular complexity index is 635. The van der Waals surface area contributed by atoms with Gasteiger partial charge in [-0.2, -0.15) is 5.10 Å². The van der Waals surface area contributed by atoms with Crippen molar-refractivity contribution in [2.75, 3.05) is 19.0 Å². The number of sulfonamides is 1. The number of hydrogen-bond acceptors (Lipinski definition) is 5. The first kappa shape index (κ1) is 16.9. The summed E-state index contributed by atoms with van der Waals surface area (Å²) in [7, 11) is -3.32. The molecule has 8 heteroatoms. The second-order valence-electron chi connectivity index (χ2n) is 6.86. The number of aryl methyl sites for hydroxylation is 1. The second-order valence-corrected chi connectivity index (χ2v) is 8.65. The Morgan fingerprint density at radius 3 is 2.74 bits per heavy atom. The summed E-state index contributed by atoms with van der Waals surface area (Å²) < 4.78 is 35.0. The molecule has 0 amide bonds. The van der Waals surface area contributed by atoms with Crippen LogP contribution in [0.25, 0.3) is 0 Å². The van der Waals surface area contributed by atoms with E-state index in [1.807, 2.05) is 18.5 Å². The summed E-state index contributed by atoms with van der Waals surface area (Å²) in [4.78, 5) is 4.57. The van der Waals surface area contributed by atoms with Crippen LogP contribution in [0.2, 0.25) is 0 Å². The molecule has 1 fully saturated rings. The Balaban J connectivity index is 1.70. The minimum atomic E-state index is -3.32. The summed E-state index contributed by atoms with van der Waals surface area (Å²) in [5, 5.41) is 4.50. The van der Waals surface area contributed by atoms with Crippen molar-refractivity contribution in [3.8, 4) is 0 Å². The van der Waals surface area contributed by atoms with Crippen LogP contribution in [0, 0.1) is 5.92 Å². The van der Waals surface area contributed by atoms with E-state index in [0.717, 1.165) is 43.9 Å². The highest BCUT2D eigenvalue weighted by atomic mass is 32.2. The number of aromatic nitrogens is 3. The fourth-order valence-corrected chi connectivity index (χ4v) is 4.92. The van der Waals surface area contributed by atoms with Crippen LogP contribution in [0.5, 0.6) is 0 Å². The van der Waals surface area contributed by atoms with Crippen molar-refractivity contribution in [1.82, 2.24) is 19.5 Å². The molecular weight excluding hydrogens is 316 g/mol. The van der Waals surface area contributed by atoms with Crippen LogP contribution >= 0.6 is 0 Å². The van der Waals surface area contributed by atoms with Gasteiger partial charge in [0.1, 0.15) is 5.82 Å². The van der Waals surface area contributed by atoms with E-state index in [0.29, 0.717) is 13.2 Å². The van der Waals surface area contributed by atoms with Crippen LogP contribution in [0.4, 0.5) is 0 Å². The van der Waals surface area contributed by atoms with Gasteiger partial charge in [0.25, 0.3) is 0 Å². The van der Waals surface area contributed by atoms with Crippen molar-refractivity contribution in [3.63, 3.8) is 0 Å². The predicted octanol–water partition coefficient (Wildman–Crippen LogP) is 1.58. The summed E-state index contributed by atoms with van der Waals surface area (Å²) in [6.45, 7) is 6.23. The number of nitrogens with one attached hydrogen (secondary N) is 1. The van der Waals surface area contributed by atoms with Gasteiger partial charge in [-0.3, -0.25) is 0 Å². The molecule has 0 unspecified atom stereocenters. The van der Waals surface area contributed by atoms with Crippen LogP contribution in [-0.4, -0.2) is 42.1 Å². The molecule has 1 atom stereocenters. The Labute approximate surface area is 137 Å². The van der Waals surface area contributed by atoms with E-state index >= 15 is 0 Å². The van der Waals surface area contributed by atoms with Gasteiger partial charge in [0, 0.05) is 25.7 Å². The Kier molecular flexibility index (Phi) is 5.03. The molecule has 0 radical (unpaired) electrons. The maximum absolute atomic E-state index is 12.5. The number of fused-ring (bicyclic) bond motifs is 1. The number of rotatable bonds is 5. The topological polar surface area (TPSA) is 86.1 Å². The van der Waals surface area contributed by atoms with Gasteiger partial charge in [-0.25, -0.2) is 22.8 Å². The third kappa shape index (κ3) is 4.10. The maximum Gasteiger partial charge on any atom is 0.212 e. The van der Waals surface area contributed by atoms with Crippen LogP contribution in [-0.2, 0) is 21.3 Å². The Morgan fingerprint density at radius 1 is 1.30 bits per heavy atom. The molecule has 130 valence electrons. The lowest BCUT2D eigenvalue weighted by molar-refractivity contribution is 0.0722. The van der Waals surface area contributed by atoms with Crippen LogP contribution in [0.15, 0.2) is 0 Å². The highest BCUT2D eigenvalue weighted by Crippen LogP contribution is 2.26. The van der Waals surface area contributed by atoms with Crippen molar-refractivity contribution in [2.45, 2.75) is 58.0 Å². The molecule has 0 aromatic carbocycles. The molecule has 1 aromatic rings. The highest BCUT2D eigenvalue weighted by molar-refractivity contribution is 7.89. The highest BCUT2D eigenvalue weighted by Gasteiger charge is 2.30. The minimum Gasteiger partial charge on any atom is -0.381 e. The zero-order chi connectivity index (χ0) is 16.4. The molecule has 0 saturated carbocycles. The first-order valence-corrected chi connectivity index (χ1v) is 10.1. The standard InChI is InChI=1S/C15H26N4O3S/c1-11(2)14-16-15-13(4-3-7-19(15)17-14)18-23(20,21)10-12-5-8-22-9-6-12/h11-13,18H,3-10H2,1-2H3/t13-/m0/s1. The van der Waals surface area contributed by atoms with Gasteiger partial charge in [0.2, 0.25) is 10.0 Å². The van der Waals surface area contributed by atoms with Gasteiger partial charge in [0.05, 0.1) is 11.8 Å². The molecule has 1 aromatic heterocycles. The smallest absolute Gasteiger partial charge is 0.212 e. The first-order chi connectivity index (χ1) is 10.9. The Hall–Kier alpha value is -0.990. The van der Waals surface area contributed by atoms with Gasteiger partial charge >= 0.3 is 0 Å². The molecule has 7 nitrogen and oxygen atoms in total. The third-order valence-corrected chi connectivity index (χ3v) is 6.08. The lowest BCUT2D eigenvalue weighted by atomic mass is 10.0.